The molecule has 8 nitrogen and oxygen atoms in total. The maximum absolute atomic E-state index is 14.2. The minimum Gasteiger partial charge on any atom is -0.507 e. The number of phenolic OH excluding ortho intramolecular Hbond substituents is 1. The number of carbonyl (C=O) groups excluding carboxylic acids is 2. The van der Waals surface area contributed by atoms with Gasteiger partial charge in [0.25, 0.3) is 5.91 Å². The molecule has 44 heavy (non-hydrogen) atoms. The van der Waals surface area contributed by atoms with E-state index in [1.807, 2.05) is 90.9 Å². The summed E-state index contributed by atoms with van der Waals surface area (Å²) in [6.45, 7) is 15.6. The number of aliphatic hydroxyl groups excluding tert-OH is 1. The van der Waals surface area contributed by atoms with Crippen LogP contribution in [0, 0.1) is 13.8 Å². The highest BCUT2D eigenvalue weighted by Gasteiger charge is 2.47. The molecule has 0 aliphatic carbocycles. The van der Waals surface area contributed by atoms with Crippen LogP contribution in [0.5, 0.6) is 5.75 Å². The molecule has 11 heteroatoms. The summed E-state index contributed by atoms with van der Waals surface area (Å²) in [4.78, 5) is 34.2. The Hall–Kier alpha value is -3.54. The first-order valence-corrected chi connectivity index (χ1v) is 16.8. The Bertz CT molecular complexity index is 1740. The number of amides is 1. The SMILES string of the molecule is Cc1nc(C)c(C(=O)C2=C(O)C(=O)N(c3nnc(SCc4ccccc4)s3)C2c2cc(C(C)(C)C)c(O)c(C(C)(C)C)c2)s1. The van der Waals surface area contributed by atoms with E-state index in [0.717, 1.165) is 5.56 Å². The number of carbonyl (C=O) groups is 2. The van der Waals surface area contributed by atoms with E-state index in [1.165, 1.54) is 39.3 Å². The van der Waals surface area contributed by atoms with Crippen molar-refractivity contribution in [2.45, 2.75) is 82.4 Å². The zero-order valence-electron chi connectivity index (χ0n) is 26.1. The van der Waals surface area contributed by atoms with Crippen LogP contribution < -0.4 is 4.90 Å². The van der Waals surface area contributed by atoms with E-state index >= 15 is 0 Å². The molecule has 0 saturated carbocycles. The van der Waals surface area contributed by atoms with Crippen molar-refractivity contribution in [1.82, 2.24) is 15.2 Å². The van der Waals surface area contributed by atoms with Gasteiger partial charge in [0.05, 0.1) is 27.2 Å². The van der Waals surface area contributed by atoms with E-state index in [4.69, 9.17) is 0 Å². The largest absolute Gasteiger partial charge is 0.507 e. The third-order valence-electron chi connectivity index (χ3n) is 7.43. The van der Waals surface area contributed by atoms with Gasteiger partial charge in [-0.3, -0.25) is 14.5 Å². The van der Waals surface area contributed by atoms with Crippen molar-refractivity contribution in [3.8, 4) is 5.75 Å². The summed E-state index contributed by atoms with van der Waals surface area (Å²) in [5.41, 5.74) is 2.64. The Morgan fingerprint density at radius 3 is 2.11 bits per heavy atom. The number of Topliss-reactive ketones (excluding diaryl/α,β-unsaturated/α-hetero) is 1. The molecule has 0 saturated heterocycles. The lowest BCUT2D eigenvalue weighted by Gasteiger charge is -2.31. The van der Waals surface area contributed by atoms with Crippen molar-refractivity contribution >= 4 is 51.3 Å². The van der Waals surface area contributed by atoms with Crippen molar-refractivity contribution < 1.29 is 19.8 Å². The van der Waals surface area contributed by atoms with Gasteiger partial charge in [0.2, 0.25) is 10.9 Å². The first-order valence-electron chi connectivity index (χ1n) is 14.2. The maximum atomic E-state index is 14.2. The van der Waals surface area contributed by atoms with Crippen molar-refractivity contribution in [3.63, 3.8) is 0 Å². The van der Waals surface area contributed by atoms with E-state index < -0.39 is 34.3 Å². The van der Waals surface area contributed by atoms with Gasteiger partial charge in [0, 0.05) is 5.75 Å². The number of thioether (sulfide) groups is 1. The number of aryl methyl sites for hydroxylation is 2. The second kappa shape index (κ2) is 11.8. The van der Waals surface area contributed by atoms with Gasteiger partial charge >= 0.3 is 0 Å². The quantitative estimate of drug-likeness (QED) is 0.118. The highest BCUT2D eigenvalue weighted by atomic mass is 32.2. The number of aliphatic hydroxyl groups is 1. The number of anilines is 1. The molecule has 0 radical (unpaired) electrons. The van der Waals surface area contributed by atoms with Crippen LogP contribution >= 0.6 is 34.4 Å². The fraction of sp³-hybridized carbons (Fsp3) is 0.364. The van der Waals surface area contributed by atoms with Crippen molar-refractivity contribution in [1.29, 1.82) is 0 Å². The molecule has 1 aliphatic heterocycles. The summed E-state index contributed by atoms with van der Waals surface area (Å²) in [7, 11) is 0. The number of phenols is 1. The minimum atomic E-state index is -1.00. The summed E-state index contributed by atoms with van der Waals surface area (Å²) < 4.78 is 0.653. The van der Waals surface area contributed by atoms with Crippen molar-refractivity contribution in [2.75, 3.05) is 4.90 Å². The van der Waals surface area contributed by atoms with Crippen molar-refractivity contribution in [2.24, 2.45) is 0 Å². The van der Waals surface area contributed by atoms with Gasteiger partial charge in [-0.25, -0.2) is 4.98 Å². The lowest BCUT2D eigenvalue weighted by atomic mass is 9.77. The monoisotopic (exact) mass is 648 g/mol. The summed E-state index contributed by atoms with van der Waals surface area (Å²) >= 11 is 3.96. The van der Waals surface area contributed by atoms with E-state index in [9.17, 15) is 19.8 Å². The molecule has 2 aromatic heterocycles. The number of nitrogens with zero attached hydrogens (tertiary/aromatic N) is 4. The molecule has 1 amide bonds. The first-order chi connectivity index (χ1) is 20.6. The van der Waals surface area contributed by atoms with Crippen LogP contribution in [-0.4, -0.2) is 37.1 Å². The topological polar surface area (TPSA) is 117 Å². The van der Waals surface area contributed by atoms with Crippen LogP contribution in [0.1, 0.15) is 90.2 Å². The highest BCUT2D eigenvalue weighted by Crippen LogP contribution is 2.48. The number of thiazole rings is 1. The third-order valence-corrected chi connectivity index (χ3v) is 10.6. The van der Waals surface area contributed by atoms with Gasteiger partial charge < -0.3 is 10.2 Å². The fourth-order valence-electron chi connectivity index (χ4n) is 5.25. The molecule has 2 N–H and O–H groups in total. The van der Waals surface area contributed by atoms with E-state index in [-0.39, 0.29) is 16.5 Å². The molecule has 0 fully saturated rings. The Labute approximate surface area is 269 Å². The zero-order chi connectivity index (χ0) is 32.1. The molecule has 1 unspecified atom stereocenters. The van der Waals surface area contributed by atoms with Crippen LogP contribution in [0.4, 0.5) is 5.13 Å². The molecule has 0 bridgehead atoms. The predicted molar refractivity (Wildman–Crippen MR) is 177 cm³/mol. The van der Waals surface area contributed by atoms with E-state index in [0.29, 0.717) is 42.4 Å². The molecule has 2 aromatic carbocycles. The zero-order valence-corrected chi connectivity index (χ0v) is 28.5. The lowest BCUT2D eigenvalue weighted by Crippen LogP contribution is -2.31. The van der Waals surface area contributed by atoms with Crippen LogP contribution in [0.2, 0.25) is 0 Å². The van der Waals surface area contributed by atoms with Gasteiger partial charge in [-0.15, -0.1) is 21.5 Å². The van der Waals surface area contributed by atoms with Gasteiger partial charge in [-0.2, -0.15) is 0 Å². The van der Waals surface area contributed by atoms with E-state index in [2.05, 4.69) is 15.2 Å². The number of aromatic nitrogens is 3. The number of hydrogen-bond donors (Lipinski definition) is 2. The second-order valence-electron chi connectivity index (χ2n) is 12.9. The van der Waals surface area contributed by atoms with Gasteiger partial charge in [-0.05, 0) is 59.1 Å². The summed E-state index contributed by atoms with van der Waals surface area (Å²) in [5, 5.41) is 32.5. The van der Waals surface area contributed by atoms with E-state index in [1.54, 1.807) is 6.92 Å². The van der Waals surface area contributed by atoms with Crippen LogP contribution in [0.25, 0.3) is 0 Å². The van der Waals surface area contributed by atoms with Crippen LogP contribution in [-0.2, 0) is 21.4 Å². The molecular formula is C33H36N4O4S3. The second-order valence-corrected chi connectivity index (χ2v) is 16.3. The number of benzene rings is 2. The molecular weight excluding hydrogens is 613 g/mol. The Balaban J connectivity index is 1.67. The third kappa shape index (κ3) is 6.05. The molecule has 230 valence electrons. The number of rotatable bonds is 7. The van der Waals surface area contributed by atoms with Gasteiger partial charge in [0.1, 0.15) is 5.75 Å². The fourth-order valence-corrected chi connectivity index (χ4v) is 7.95. The van der Waals surface area contributed by atoms with Gasteiger partial charge in [0.15, 0.2) is 10.1 Å². The number of aromatic hydroxyl groups is 1. The first kappa shape index (κ1) is 31.9. The average molecular weight is 649 g/mol. The van der Waals surface area contributed by atoms with Gasteiger partial charge in [-0.1, -0.05) is 95.0 Å². The summed E-state index contributed by atoms with van der Waals surface area (Å²) in [5.74, 6) is -0.962. The average Bonchev–Trinajstić information content (AvgIpc) is 3.62. The van der Waals surface area contributed by atoms with Crippen LogP contribution in [0.15, 0.2) is 58.1 Å². The Morgan fingerprint density at radius 2 is 1.57 bits per heavy atom. The molecule has 0 spiro atoms. The Kier molecular flexibility index (Phi) is 8.52. The molecule has 4 aromatic rings. The molecule has 3 heterocycles. The summed E-state index contributed by atoms with van der Waals surface area (Å²) in [6, 6.07) is 12.6. The maximum Gasteiger partial charge on any atom is 0.296 e. The highest BCUT2D eigenvalue weighted by molar-refractivity contribution is 8.00. The standard InChI is InChI=1S/C33H36N4O4S3/c1-17-28(43-18(2)34-17)26(39)23-24(20-14-21(32(3,4)5)25(38)22(15-20)33(6,7)8)37(29(41)27(23)40)30-35-36-31(44-30)42-16-19-12-10-9-11-13-19/h9-15,24,38,40H,16H2,1-8H3. The molecule has 5 rings (SSSR count). The molecule has 1 aliphatic rings. The lowest BCUT2D eigenvalue weighted by molar-refractivity contribution is -0.117. The minimum absolute atomic E-state index is 0.0409. The number of ketones is 1. The molecule has 1 atom stereocenters. The summed E-state index contributed by atoms with van der Waals surface area (Å²) in [6.07, 6.45) is 0. The normalized spacial score (nSPS) is 15.9. The smallest absolute Gasteiger partial charge is 0.296 e. The van der Waals surface area contributed by atoms with Crippen LogP contribution in [0.3, 0.4) is 0 Å². The number of hydrogen-bond acceptors (Lipinski definition) is 10. The van der Waals surface area contributed by atoms with Crippen molar-refractivity contribution in [3.05, 3.63) is 91.6 Å². The Morgan fingerprint density at radius 1 is 0.955 bits per heavy atom. The predicted octanol–water partition coefficient (Wildman–Crippen LogP) is 7.99.